The Bertz CT molecular complexity index is 688. The van der Waals surface area contributed by atoms with Crippen molar-refractivity contribution < 1.29 is 13.2 Å². The van der Waals surface area contributed by atoms with Gasteiger partial charge < -0.3 is 5.32 Å². The number of amides is 1. The normalized spacial score (nSPS) is 19.1. The number of aryl methyl sites for hydroxylation is 1. The molecule has 0 bridgehead atoms. The van der Waals surface area contributed by atoms with Gasteiger partial charge in [-0.15, -0.1) is 0 Å². The van der Waals surface area contributed by atoms with Crippen LogP contribution in [-0.4, -0.2) is 26.9 Å². The molecule has 2 aliphatic carbocycles. The number of benzene rings is 1. The number of carbonyl (C=O) groups excluding carboxylic acids is 1. The molecule has 2 N–H and O–H groups in total. The Morgan fingerprint density at radius 3 is 2.23 bits per heavy atom. The van der Waals surface area contributed by atoms with Gasteiger partial charge in [0.05, 0.1) is 4.90 Å². The molecule has 144 valence electrons. The zero-order valence-electron chi connectivity index (χ0n) is 15.4. The van der Waals surface area contributed by atoms with Gasteiger partial charge in [-0.2, -0.15) is 0 Å². The van der Waals surface area contributed by atoms with Crippen molar-refractivity contribution in [3.05, 3.63) is 29.8 Å². The third kappa shape index (κ3) is 5.55. The Balaban J connectivity index is 1.45. The lowest BCUT2D eigenvalue weighted by Gasteiger charge is -2.13. The quantitative estimate of drug-likeness (QED) is 0.730. The first-order valence-electron chi connectivity index (χ1n) is 9.91. The molecule has 6 heteroatoms. The molecule has 0 aromatic heterocycles. The summed E-state index contributed by atoms with van der Waals surface area (Å²) in [6.07, 6.45) is 10.1. The predicted molar refractivity (Wildman–Crippen MR) is 102 cm³/mol. The SMILES string of the molecule is O=C(CCc1ccc(S(=O)(=O)NC2CCCC2)cc1)NCC1CCCC1. The monoisotopic (exact) mass is 378 g/mol. The summed E-state index contributed by atoms with van der Waals surface area (Å²) < 4.78 is 27.6. The van der Waals surface area contributed by atoms with Crippen molar-refractivity contribution in [1.29, 1.82) is 0 Å². The summed E-state index contributed by atoms with van der Waals surface area (Å²) in [5, 5.41) is 3.03. The van der Waals surface area contributed by atoms with Gasteiger partial charge >= 0.3 is 0 Å². The first-order valence-corrected chi connectivity index (χ1v) is 11.4. The minimum absolute atomic E-state index is 0.0724. The molecular weight excluding hydrogens is 348 g/mol. The minimum Gasteiger partial charge on any atom is -0.356 e. The van der Waals surface area contributed by atoms with Gasteiger partial charge in [-0.25, -0.2) is 13.1 Å². The molecule has 1 aromatic rings. The van der Waals surface area contributed by atoms with Crippen LogP contribution in [0.4, 0.5) is 0 Å². The summed E-state index contributed by atoms with van der Waals surface area (Å²) in [6.45, 7) is 0.794. The van der Waals surface area contributed by atoms with E-state index in [1.54, 1.807) is 12.1 Å². The standard InChI is InChI=1S/C20H30N2O3S/c23-20(21-15-17-5-1-2-6-17)14-11-16-9-12-19(13-10-16)26(24,25)22-18-7-3-4-8-18/h9-10,12-13,17-18,22H,1-8,11,14-15H2,(H,21,23). The van der Waals surface area contributed by atoms with Gasteiger partial charge in [0.1, 0.15) is 0 Å². The van der Waals surface area contributed by atoms with Gasteiger partial charge in [-0.05, 0) is 55.7 Å². The van der Waals surface area contributed by atoms with Crippen molar-refractivity contribution in [2.24, 2.45) is 5.92 Å². The highest BCUT2D eigenvalue weighted by Crippen LogP contribution is 2.24. The van der Waals surface area contributed by atoms with E-state index in [0.717, 1.165) is 37.8 Å². The van der Waals surface area contributed by atoms with E-state index in [1.165, 1.54) is 25.7 Å². The molecule has 0 aliphatic heterocycles. The van der Waals surface area contributed by atoms with Crippen LogP contribution in [0.3, 0.4) is 0 Å². The van der Waals surface area contributed by atoms with Crippen LogP contribution in [0.5, 0.6) is 0 Å². The van der Waals surface area contributed by atoms with Crippen LogP contribution in [0.1, 0.15) is 63.4 Å². The molecule has 0 spiro atoms. The number of sulfonamides is 1. The van der Waals surface area contributed by atoms with Crippen molar-refractivity contribution in [3.63, 3.8) is 0 Å². The molecule has 0 radical (unpaired) electrons. The lowest BCUT2D eigenvalue weighted by molar-refractivity contribution is -0.121. The van der Waals surface area contributed by atoms with E-state index in [4.69, 9.17) is 0 Å². The molecule has 26 heavy (non-hydrogen) atoms. The summed E-state index contributed by atoms with van der Waals surface area (Å²) in [5.74, 6) is 0.729. The van der Waals surface area contributed by atoms with Crippen LogP contribution in [0, 0.1) is 5.92 Å². The van der Waals surface area contributed by atoms with Crippen molar-refractivity contribution in [2.45, 2.75) is 75.1 Å². The number of hydrogen-bond acceptors (Lipinski definition) is 3. The Labute approximate surface area is 157 Å². The average Bonchev–Trinajstić information content (AvgIpc) is 3.32. The fourth-order valence-electron chi connectivity index (χ4n) is 3.99. The van der Waals surface area contributed by atoms with Gasteiger partial charge in [-0.3, -0.25) is 4.79 Å². The maximum atomic E-state index is 12.4. The summed E-state index contributed by atoms with van der Waals surface area (Å²) >= 11 is 0. The highest BCUT2D eigenvalue weighted by Gasteiger charge is 2.22. The van der Waals surface area contributed by atoms with Gasteiger partial charge in [0, 0.05) is 19.0 Å². The summed E-state index contributed by atoms with van der Waals surface area (Å²) in [5.41, 5.74) is 0.987. The first-order chi connectivity index (χ1) is 12.5. The van der Waals surface area contributed by atoms with E-state index in [0.29, 0.717) is 23.7 Å². The molecule has 5 nitrogen and oxygen atoms in total. The molecular formula is C20H30N2O3S. The maximum Gasteiger partial charge on any atom is 0.240 e. The second-order valence-electron chi connectivity index (χ2n) is 7.70. The van der Waals surface area contributed by atoms with Gasteiger partial charge in [0.2, 0.25) is 15.9 Å². The highest BCUT2D eigenvalue weighted by atomic mass is 32.2. The van der Waals surface area contributed by atoms with Crippen LogP contribution in [0.2, 0.25) is 0 Å². The van der Waals surface area contributed by atoms with Crippen molar-refractivity contribution in [1.82, 2.24) is 10.0 Å². The topological polar surface area (TPSA) is 75.3 Å². The molecule has 2 fully saturated rings. The lowest BCUT2D eigenvalue weighted by atomic mass is 10.1. The van der Waals surface area contributed by atoms with Crippen molar-refractivity contribution in [2.75, 3.05) is 6.54 Å². The van der Waals surface area contributed by atoms with Crippen molar-refractivity contribution in [3.8, 4) is 0 Å². The summed E-state index contributed by atoms with van der Waals surface area (Å²) in [6, 6.07) is 6.98. The van der Waals surface area contributed by atoms with E-state index in [2.05, 4.69) is 10.0 Å². The Kier molecular flexibility index (Phi) is 6.70. The van der Waals surface area contributed by atoms with Crippen LogP contribution in [-0.2, 0) is 21.2 Å². The third-order valence-electron chi connectivity index (χ3n) is 5.61. The predicted octanol–water partition coefficient (Wildman–Crippen LogP) is 3.15. The largest absolute Gasteiger partial charge is 0.356 e. The second kappa shape index (κ2) is 9.00. The number of carbonyl (C=O) groups is 1. The van der Waals surface area contributed by atoms with Gasteiger partial charge in [-0.1, -0.05) is 37.8 Å². The number of hydrogen-bond donors (Lipinski definition) is 2. The summed E-state index contributed by atoms with van der Waals surface area (Å²) in [7, 11) is -3.44. The van der Waals surface area contributed by atoms with Crippen LogP contribution in [0.25, 0.3) is 0 Å². The molecule has 1 amide bonds. The third-order valence-corrected chi connectivity index (χ3v) is 7.15. The minimum atomic E-state index is -3.44. The molecule has 3 rings (SSSR count). The van der Waals surface area contributed by atoms with E-state index >= 15 is 0 Å². The van der Waals surface area contributed by atoms with Gasteiger partial charge in [0.25, 0.3) is 0 Å². The molecule has 0 atom stereocenters. The van der Waals surface area contributed by atoms with Crippen LogP contribution < -0.4 is 10.0 Å². The number of rotatable bonds is 8. The summed E-state index contributed by atoms with van der Waals surface area (Å²) in [4.78, 5) is 12.3. The van der Waals surface area contributed by atoms with E-state index < -0.39 is 10.0 Å². The fourth-order valence-corrected chi connectivity index (χ4v) is 5.29. The highest BCUT2D eigenvalue weighted by molar-refractivity contribution is 7.89. The Morgan fingerprint density at radius 1 is 0.962 bits per heavy atom. The molecule has 2 aliphatic rings. The maximum absolute atomic E-state index is 12.4. The molecule has 0 heterocycles. The fraction of sp³-hybridized carbons (Fsp3) is 0.650. The Hall–Kier alpha value is -1.40. The molecule has 2 saturated carbocycles. The Morgan fingerprint density at radius 2 is 1.58 bits per heavy atom. The van der Waals surface area contributed by atoms with Crippen LogP contribution in [0.15, 0.2) is 29.2 Å². The van der Waals surface area contributed by atoms with E-state index in [9.17, 15) is 13.2 Å². The zero-order chi connectivity index (χ0) is 18.4. The zero-order valence-corrected chi connectivity index (χ0v) is 16.2. The molecule has 1 aromatic carbocycles. The smallest absolute Gasteiger partial charge is 0.240 e. The molecule has 0 unspecified atom stereocenters. The van der Waals surface area contributed by atoms with Gasteiger partial charge in [0.15, 0.2) is 0 Å². The van der Waals surface area contributed by atoms with Crippen molar-refractivity contribution >= 4 is 15.9 Å². The number of nitrogens with one attached hydrogen (secondary N) is 2. The molecule has 0 saturated heterocycles. The average molecular weight is 379 g/mol. The lowest BCUT2D eigenvalue weighted by Crippen LogP contribution is -2.32. The second-order valence-corrected chi connectivity index (χ2v) is 9.42. The van der Waals surface area contributed by atoms with E-state index in [-0.39, 0.29) is 11.9 Å². The van der Waals surface area contributed by atoms with E-state index in [1.807, 2.05) is 12.1 Å². The van der Waals surface area contributed by atoms with Crippen LogP contribution >= 0.6 is 0 Å². The first kappa shape index (κ1) is 19.4.